The van der Waals surface area contributed by atoms with Crippen molar-refractivity contribution in [2.24, 2.45) is 5.92 Å². The number of carbonyl (C=O) groups excluding carboxylic acids is 1. The molecule has 6 nitrogen and oxygen atoms in total. The maximum Gasteiger partial charge on any atom is 0.303 e. The van der Waals surface area contributed by atoms with E-state index in [1.807, 2.05) is 0 Å². The minimum absolute atomic E-state index is 0.00612. The molecule has 2 N–H and O–H groups in total. The highest BCUT2D eigenvalue weighted by Gasteiger charge is 2.25. The van der Waals surface area contributed by atoms with Crippen LogP contribution in [0.3, 0.4) is 0 Å². The van der Waals surface area contributed by atoms with E-state index < -0.39 is 27.0 Å². The van der Waals surface area contributed by atoms with Gasteiger partial charge in [-0.1, -0.05) is 19.1 Å². The average molecular weight is 327 g/mol. The van der Waals surface area contributed by atoms with Crippen molar-refractivity contribution in [1.82, 2.24) is 5.32 Å². The van der Waals surface area contributed by atoms with E-state index in [0.717, 1.165) is 0 Å². The Balaban J connectivity index is 2.94. The predicted octanol–water partition coefficient (Wildman–Crippen LogP) is 1.71. The fourth-order valence-corrected chi connectivity index (χ4v) is 3.13. The highest BCUT2D eigenvalue weighted by molar-refractivity contribution is 7.92. The van der Waals surface area contributed by atoms with Gasteiger partial charge in [-0.3, -0.25) is 9.59 Å². The lowest BCUT2D eigenvalue weighted by atomic mass is 10.1. The topological polar surface area (TPSA) is 101 Å². The summed E-state index contributed by atoms with van der Waals surface area (Å²) in [5, 5.41) is 10.6. The van der Waals surface area contributed by atoms with Crippen molar-refractivity contribution >= 4 is 21.7 Å². The molecule has 0 radical (unpaired) electrons. The zero-order chi connectivity index (χ0) is 16.9. The molecule has 1 aromatic carbocycles. The molecule has 0 fully saturated rings. The van der Waals surface area contributed by atoms with Gasteiger partial charge in [0.2, 0.25) is 0 Å². The van der Waals surface area contributed by atoms with Crippen LogP contribution in [0.15, 0.2) is 29.2 Å². The molecule has 1 rings (SSSR count). The standard InChI is InChI=1S/C15H21NO5S/c1-10(2)22(20,21)13-7-5-4-6-12(13)15(19)16-9-11(3)8-14(17)18/h4-7,10-11H,8-9H2,1-3H3,(H,16,19)(H,17,18). The van der Waals surface area contributed by atoms with Crippen molar-refractivity contribution in [1.29, 1.82) is 0 Å². The molecular weight excluding hydrogens is 306 g/mol. The lowest BCUT2D eigenvalue weighted by Crippen LogP contribution is -2.30. The summed E-state index contributed by atoms with van der Waals surface area (Å²) in [6, 6.07) is 6.02. The monoisotopic (exact) mass is 327 g/mol. The van der Waals surface area contributed by atoms with Crippen molar-refractivity contribution in [3.05, 3.63) is 29.8 Å². The first kappa shape index (κ1) is 18.2. The van der Waals surface area contributed by atoms with Crippen LogP contribution < -0.4 is 5.32 Å². The van der Waals surface area contributed by atoms with E-state index in [-0.39, 0.29) is 29.3 Å². The first-order valence-electron chi connectivity index (χ1n) is 6.99. The quantitative estimate of drug-likeness (QED) is 0.794. The van der Waals surface area contributed by atoms with E-state index in [1.54, 1.807) is 32.9 Å². The molecule has 1 aromatic rings. The zero-order valence-corrected chi connectivity index (χ0v) is 13.7. The van der Waals surface area contributed by atoms with E-state index in [9.17, 15) is 18.0 Å². The first-order valence-corrected chi connectivity index (χ1v) is 8.53. The van der Waals surface area contributed by atoms with E-state index in [4.69, 9.17) is 5.11 Å². The number of hydrogen-bond donors (Lipinski definition) is 2. The fourth-order valence-electron chi connectivity index (χ4n) is 1.89. The number of carboxylic acids is 1. The Hall–Kier alpha value is -1.89. The highest BCUT2D eigenvalue weighted by Crippen LogP contribution is 2.20. The first-order chi connectivity index (χ1) is 10.2. The van der Waals surface area contributed by atoms with Gasteiger partial charge in [0.1, 0.15) is 0 Å². The molecule has 0 spiro atoms. The van der Waals surface area contributed by atoms with Gasteiger partial charge in [0.15, 0.2) is 9.84 Å². The van der Waals surface area contributed by atoms with Crippen LogP contribution in [0.5, 0.6) is 0 Å². The molecule has 1 amide bonds. The van der Waals surface area contributed by atoms with Crippen LogP contribution in [-0.2, 0) is 14.6 Å². The molecule has 0 aliphatic heterocycles. The molecule has 0 bridgehead atoms. The minimum Gasteiger partial charge on any atom is -0.481 e. The van der Waals surface area contributed by atoms with Gasteiger partial charge in [0, 0.05) is 13.0 Å². The SMILES string of the molecule is CC(CNC(=O)c1ccccc1S(=O)(=O)C(C)C)CC(=O)O. The molecular formula is C15H21NO5S. The van der Waals surface area contributed by atoms with Gasteiger partial charge in [-0.05, 0) is 31.9 Å². The Morgan fingerprint density at radius 1 is 1.18 bits per heavy atom. The Labute approximate surface area is 130 Å². The van der Waals surface area contributed by atoms with Crippen LogP contribution in [0.25, 0.3) is 0 Å². The lowest BCUT2D eigenvalue weighted by molar-refractivity contribution is -0.137. The van der Waals surface area contributed by atoms with E-state index in [1.165, 1.54) is 12.1 Å². The van der Waals surface area contributed by atoms with Crippen LogP contribution in [-0.4, -0.2) is 37.2 Å². The molecule has 0 aromatic heterocycles. The third-order valence-electron chi connectivity index (χ3n) is 3.19. The van der Waals surface area contributed by atoms with Gasteiger partial charge in [0.25, 0.3) is 5.91 Å². The Bertz CT molecular complexity index is 652. The van der Waals surface area contributed by atoms with Crippen molar-refractivity contribution in [3.8, 4) is 0 Å². The summed E-state index contributed by atoms with van der Waals surface area (Å²) < 4.78 is 24.6. The molecule has 0 saturated heterocycles. The van der Waals surface area contributed by atoms with Gasteiger partial charge in [0.05, 0.1) is 15.7 Å². The highest BCUT2D eigenvalue weighted by atomic mass is 32.2. The molecule has 0 aliphatic rings. The van der Waals surface area contributed by atoms with Crippen LogP contribution in [0, 0.1) is 5.92 Å². The second-order valence-electron chi connectivity index (χ2n) is 5.50. The second-order valence-corrected chi connectivity index (χ2v) is 7.98. The van der Waals surface area contributed by atoms with Gasteiger partial charge in [-0.25, -0.2) is 8.42 Å². The predicted molar refractivity (Wildman–Crippen MR) is 82.5 cm³/mol. The zero-order valence-electron chi connectivity index (χ0n) is 12.9. The number of rotatable bonds is 7. The number of aliphatic carboxylic acids is 1. The summed E-state index contributed by atoms with van der Waals surface area (Å²) in [7, 11) is -3.57. The Kier molecular flexibility index (Phi) is 6.11. The molecule has 0 saturated carbocycles. The summed E-state index contributed by atoms with van der Waals surface area (Å²) in [5.41, 5.74) is 0.0822. The largest absolute Gasteiger partial charge is 0.481 e. The number of sulfone groups is 1. The Morgan fingerprint density at radius 2 is 1.77 bits per heavy atom. The van der Waals surface area contributed by atoms with Gasteiger partial charge in [-0.2, -0.15) is 0 Å². The molecule has 1 atom stereocenters. The summed E-state index contributed by atoms with van der Waals surface area (Å²) in [5.74, 6) is -1.70. The minimum atomic E-state index is -3.57. The Morgan fingerprint density at radius 3 is 2.32 bits per heavy atom. The molecule has 22 heavy (non-hydrogen) atoms. The number of amides is 1. The number of carbonyl (C=O) groups is 2. The van der Waals surface area contributed by atoms with Crippen LogP contribution in [0.4, 0.5) is 0 Å². The van der Waals surface area contributed by atoms with Crippen molar-refractivity contribution < 1.29 is 23.1 Å². The molecule has 0 heterocycles. The van der Waals surface area contributed by atoms with Gasteiger partial charge >= 0.3 is 5.97 Å². The van der Waals surface area contributed by atoms with Crippen LogP contribution >= 0.6 is 0 Å². The molecule has 1 unspecified atom stereocenters. The second kappa shape index (κ2) is 7.40. The normalized spacial score (nSPS) is 12.9. The third-order valence-corrected chi connectivity index (χ3v) is 5.40. The van der Waals surface area contributed by atoms with Crippen molar-refractivity contribution in [2.45, 2.75) is 37.3 Å². The maximum atomic E-state index is 12.3. The van der Waals surface area contributed by atoms with Crippen molar-refractivity contribution in [2.75, 3.05) is 6.54 Å². The van der Waals surface area contributed by atoms with Crippen LogP contribution in [0.2, 0.25) is 0 Å². The molecule has 122 valence electrons. The molecule has 7 heteroatoms. The maximum absolute atomic E-state index is 12.3. The summed E-state index contributed by atoms with van der Waals surface area (Å²) in [4.78, 5) is 22.8. The lowest BCUT2D eigenvalue weighted by Gasteiger charge is -2.14. The molecule has 0 aliphatic carbocycles. The smallest absolute Gasteiger partial charge is 0.303 e. The van der Waals surface area contributed by atoms with Gasteiger partial charge in [-0.15, -0.1) is 0 Å². The van der Waals surface area contributed by atoms with Crippen molar-refractivity contribution in [3.63, 3.8) is 0 Å². The number of benzene rings is 1. The number of hydrogen-bond acceptors (Lipinski definition) is 4. The fraction of sp³-hybridized carbons (Fsp3) is 0.467. The summed E-state index contributed by atoms with van der Waals surface area (Å²) in [6.45, 7) is 4.98. The summed E-state index contributed by atoms with van der Waals surface area (Å²) in [6.07, 6.45) is -0.0633. The number of nitrogens with one attached hydrogen (secondary N) is 1. The van der Waals surface area contributed by atoms with E-state index in [2.05, 4.69) is 5.32 Å². The summed E-state index contributed by atoms with van der Waals surface area (Å²) >= 11 is 0. The van der Waals surface area contributed by atoms with E-state index in [0.29, 0.717) is 0 Å². The number of carboxylic acid groups (broad SMARTS) is 1. The van der Waals surface area contributed by atoms with Crippen LogP contribution in [0.1, 0.15) is 37.6 Å². The van der Waals surface area contributed by atoms with E-state index >= 15 is 0 Å². The average Bonchev–Trinajstić information content (AvgIpc) is 2.43. The van der Waals surface area contributed by atoms with Gasteiger partial charge < -0.3 is 10.4 Å². The third kappa shape index (κ3) is 4.56.